The molecule has 58 heavy (non-hydrogen) atoms. The topological polar surface area (TPSA) is 29.5 Å². The van der Waals surface area contributed by atoms with Crippen LogP contribution in [0.4, 0.5) is 17.1 Å². The number of thiophene rings is 1. The Balaban J connectivity index is 1.14. The third-order valence-corrected chi connectivity index (χ3v) is 12.6. The fraction of sp³-hybridized carbons (Fsp3) is 0. The molecular weight excluding hydrogens is 727 g/mol. The summed E-state index contributed by atoms with van der Waals surface area (Å²) in [5, 5.41) is 6.84. The van der Waals surface area contributed by atoms with E-state index in [1.165, 1.54) is 20.2 Å². The van der Waals surface area contributed by atoms with Gasteiger partial charge >= 0.3 is 0 Å². The van der Waals surface area contributed by atoms with Crippen LogP contribution in [-0.4, -0.2) is 0 Å². The van der Waals surface area contributed by atoms with E-state index in [0.717, 1.165) is 94.3 Å². The third-order valence-electron chi connectivity index (χ3n) is 11.5. The summed E-state index contributed by atoms with van der Waals surface area (Å²) in [5.74, 6) is 0. The van der Waals surface area contributed by atoms with Crippen molar-refractivity contribution >= 4 is 92.4 Å². The second kappa shape index (κ2) is 13.1. The zero-order valence-electron chi connectivity index (χ0n) is 31.2. The van der Waals surface area contributed by atoms with Crippen molar-refractivity contribution < 1.29 is 8.83 Å². The molecule has 0 aliphatic carbocycles. The zero-order valence-corrected chi connectivity index (χ0v) is 32.0. The van der Waals surface area contributed by atoms with Crippen LogP contribution in [0, 0.1) is 0 Å². The molecule has 0 N–H and O–H groups in total. The van der Waals surface area contributed by atoms with E-state index in [1.807, 2.05) is 17.4 Å². The summed E-state index contributed by atoms with van der Waals surface area (Å²) in [4.78, 5) is 2.40. The summed E-state index contributed by atoms with van der Waals surface area (Å²) in [6.45, 7) is 0. The van der Waals surface area contributed by atoms with Gasteiger partial charge in [0.05, 0.1) is 11.1 Å². The van der Waals surface area contributed by atoms with E-state index in [4.69, 9.17) is 8.83 Å². The van der Waals surface area contributed by atoms with Gasteiger partial charge in [-0.1, -0.05) is 140 Å². The second-order valence-corrected chi connectivity index (χ2v) is 15.9. The van der Waals surface area contributed by atoms with Gasteiger partial charge in [0.1, 0.15) is 22.3 Å². The molecule has 0 amide bonds. The van der Waals surface area contributed by atoms with Crippen molar-refractivity contribution in [2.24, 2.45) is 0 Å². The summed E-state index contributed by atoms with van der Waals surface area (Å²) in [6, 6.07) is 71.3. The number of para-hydroxylation sites is 1. The van der Waals surface area contributed by atoms with Crippen LogP contribution in [-0.2, 0) is 0 Å². The molecule has 3 heterocycles. The van der Waals surface area contributed by atoms with Crippen molar-refractivity contribution in [3.63, 3.8) is 0 Å². The van der Waals surface area contributed by atoms with Gasteiger partial charge in [-0.25, -0.2) is 0 Å². The highest BCUT2D eigenvalue weighted by molar-refractivity contribution is 7.25. The minimum absolute atomic E-state index is 0.852. The van der Waals surface area contributed by atoms with Crippen LogP contribution in [0.25, 0.3) is 97.4 Å². The van der Waals surface area contributed by atoms with Crippen molar-refractivity contribution in [2.75, 3.05) is 4.90 Å². The summed E-state index contributed by atoms with van der Waals surface area (Å²) < 4.78 is 16.2. The lowest BCUT2D eigenvalue weighted by Gasteiger charge is -2.27. The van der Waals surface area contributed by atoms with E-state index in [0.29, 0.717) is 0 Å². The Labute approximate surface area is 338 Å². The molecule has 9 aromatic carbocycles. The first-order valence-corrected chi connectivity index (χ1v) is 20.4. The highest BCUT2D eigenvalue weighted by Gasteiger charge is 2.24. The smallest absolute Gasteiger partial charge is 0.145 e. The number of hydrogen-bond acceptors (Lipinski definition) is 4. The number of nitrogens with zero attached hydrogens (tertiary/aromatic N) is 1. The summed E-state index contributed by atoms with van der Waals surface area (Å²) in [5.41, 5.74) is 13.3. The normalized spacial score (nSPS) is 11.8. The lowest BCUT2D eigenvalue weighted by molar-refractivity contribution is 0.669. The van der Waals surface area contributed by atoms with E-state index in [9.17, 15) is 0 Å². The number of hydrogen-bond donors (Lipinski definition) is 0. The molecule has 0 radical (unpaired) electrons. The maximum Gasteiger partial charge on any atom is 0.145 e. The quantitative estimate of drug-likeness (QED) is 0.169. The maximum atomic E-state index is 7.00. The molecule has 0 fully saturated rings. The number of benzene rings is 9. The molecule has 4 heteroatoms. The largest absolute Gasteiger partial charge is 0.455 e. The molecule has 0 aliphatic rings. The monoisotopic (exact) mass is 759 g/mol. The minimum Gasteiger partial charge on any atom is -0.455 e. The third kappa shape index (κ3) is 5.19. The first kappa shape index (κ1) is 32.8. The Morgan fingerprint density at radius 2 is 0.966 bits per heavy atom. The predicted octanol–water partition coefficient (Wildman–Crippen LogP) is 16.3. The van der Waals surface area contributed by atoms with E-state index in [2.05, 4.69) is 199 Å². The van der Waals surface area contributed by atoms with Gasteiger partial charge < -0.3 is 13.7 Å². The molecular formula is C54H33NO2S. The molecule has 0 atom stereocenters. The van der Waals surface area contributed by atoms with Crippen LogP contribution >= 0.6 is 11.3 Å². The molecule has 12 aromatic rings. The van der Waals surface area contributed by atoms with Crippen LogP contribution in [0.5, 0.6) is 0 Å². The van der Waals surface area contributed by atoms with Gasteiger partial charge in [0.25, 0.3) is 0 Å². The molecule has 12 rings (SSSR count). The van der Waals surface area contributed by atoms with E-state index < -0.39 is 0 Å². The van der Waals surface area contributed by atoms with Gasteiger partial charge in [-0.05, 0) is 82.9 Å². The number of rotatable bonds is 6. The van der Waals surface area contributed by atoms with Crippen LogP contribution < -0.4 is 4.90 Å². The first-order chi connectivity index (χ1) is 28.7. The van der Waals surface area contributed by atoms with Gasteiger partial charge in [0, 0.05) is 58.8 Å². The average molecular weight is 760 g/mol. The Morgan fingerprint density at radius 1 is 0.345 bits per heavy atom. The minimum atomic E-state index is 0.852. The predicted molar refractivity (Wildman–Crippen MR) is 245 cm³/mol. The number of fused-ring (bicyclic) bond motifs is 9. The van der Waals surface area contributed by atoms with E-state index in [-0.39, 0.29) is 0 Å². The average Bonchev–Trinajstić information content (AvgIpc) is 3.98. The van der Waals surface area contributed by atoms with Gasteiger partial charge in [-0.2, -0.15) is 0 Å². The number of furan rings is 2. The SMILES string of the molecule is c1ccc(-c2ccc3c(c2)oc2c(-c4ccccc4)ccc(N(c4ccc5c(c4)sc4ccccc45)c4ccc5oc6c(-c7ccccc7)cccc6c5c4)c23)cc1. The van der Waals surface area contributed by atoms with Gasteiger partial charge in [-0.3, -0.25) is 0 Å². The Hall–Kier alpha value is -7.40. The standard InChI is InChI=1S/C54H33NO2S/c1-4-13-34(14-5-1)37-23-26-45-49(31-37)57-54-41(36-17-8-3-9-18-36)28-29-47(52(45)54)55(39-24-27-43-42-19-10-11-22-50(42)58-51(43)33-39)38-25-30-48-46(32-38)44-21-12-20-40(53(44)56-48)35-15-6-2-7-16-35/h1-33H. The molecule has 3 nitrogen and oxygen atoms in total. The molecule has 0 bridgehead atoms. The Bertz CT molecular complexity index is 3510. The van der Waals surface area contributed by atoms with Gasteiger partial charge in [0.15, 0.2) is 0 Å². The van der Waals surface area contributed by atoms with Crippen molar-refractivity contribution in [1.29, 1.82) is 0 Å². The Kier molecular flexibility index (Phi) is 7.40. The molecule has 272 valence electrons. The highest BCUT2D eigenvalue weighted by Crippen LogP contribution is 2.49. The molecule has 0 saturated carbocycles. The van der Waals surface area contributed by atoms with Gasteiger partial charge in [0.2, 0.25) is 0 Å². The lowest BCUT2D eigenvalue weighted by atomic mass is 9.98. The summed E-state index contributed by atoms with van der Waals surface area (Å²) in [7, 11) is 0. The van der Waals surface area contributed by atoms with Crippen LogP contribution in [0.15, 0.2) is 209 Å². The summed E-state index contributed by atoms with van der Waals surface area (Å²) >= 11 is 1.84. The molecule has 0 spiro atoms. The zero-order chi connectivity index (χ0) is 38.2. The molecule has 0 unspecified atom stereocenters. The van der Waals surface area contributed by atoms with Crippen molar-refractivity contribution in [2.45, 2.75) is 0 Å². The van der Waals surface area contributed by atoms with Crippen LogP contribution in [0.2, 0.25) is 0 Å². The number of anilines is 3. The highest BCUT2D eigenvalue weighted by atomic mass is 32.1. The van der Waals surface area contributed by atoms with Crippen LogP contribution in [0.3, 0.4) is 0 Å². The lowest BCUT2D eigenvalue weighted by Crippen LogP contribution is -2.10. The van der Waals surface area contributed by atoms with Crippen molar-refractivity contribution in [3.05, 3.63) is 200 Å². The first-order valence-electron chi connectivity index (χ1n) is 19.6. The molecule has 0 saturated heterocycles. The van der Waals surface area contributed by atoms with Gasteiger partial charge in [-0.15, -0.1) is 11.3 Å². The van der Waals surface area contributed by atoms with Crippen molar-refractivity contribution in [3.8, 4) is 33.4 Å². The summed E-state index contributed by atoms with van der Waals surface area (Å²) in [6.07, 6.45) is 0. The van der Waals surface area contributed by atoms with E-state index >= 15 is 0 Å². The second-order valence-electron chi connectivity index (χ2n) is 14.8. The Morgan fingerprint density at radius 3 is 1.76 bits per heavy atom. The molecule has 3 aromatic heterocycles. The van der Waals surface area contributed by atoms with Crippen LogP contribution in [0.1, 0.15) is 0 Å². The van der Waals surface area contributed by atoms with Crippen molar-refractivity contribution in [1.82, 2.24) is 0 Å². The fourth-order valence-corrected chi connectivity index (χ4v) is 9.89. The van der Waals surface area contributed by atoms with E-state index in [1.54, 1.807) is 0 Å². The fourth-order valence-electron chi connectivity index (χ4n) is 8.75. The maximum absolute atomic E-state index is 7.00. The molecule has 0 aliphatic heterocycles.